The summed E-state index contributed by atoms with van der Waals surface area (Å²) < 4.78 is 0.875. The number of carbonyl (C=O) groups excluding carboxylic acids is 1. The number of hydrogen-bond donors (Lipinski definition) is 1. The fraction of sp³-hybridized carbons (Fsp3) is 0.533. The number of nitrogens with zero attached hydrogens (tertiary/aromatic N) is 1. The van der Waals surface area contributed by atoms with Gasteiger partial charge >= 0.3 is 0 Å². The highest BCUT2D eigenvalue weighted by molar-refractivity contribution is 9.10. The fourth-order valence-electron chi connectivity index (χ4n) is 2.57. The number of nitrogens with one attached hydrogen (secondary N) is 1. The predicted octanol–water partition coefficient (Wildman–Crippen LogP) is 3.71. The molecule has 3 nitrogen and oxygen atoms in total. The molecule has 2 rings (SSSR count). The first-order valence-corrected chi connectivity index (χ1v) is 8.23. The van der Waals surface area contributed by atoms with Crippen molar-refractivity contribution in [3.8, 4) is 0 Å². The van der Waals surface area contributed by atoms with Crippen LogP contribution < -0.4 is 5.32 Å². The molecule has 20 heavy (non-hydrogen) atoms. The van der Waals surface area contributed by atoms with Crippen molar-refractivity contribution >= 4 is 33.4 Å². The van der Waals surface area contributed by atoms with E-state index < -0.39 is 0 Å². The molecule has 1 aliphatic rings. The van der Waals surface area contributed by atoms with Gasteiger partial charge in [0.05, 0.1) is 10.6 Å². The van der Waals surface area contributed by atoms with Crippen LogP contribution >= 0.6 is 27.5 Å². The molecule has 2 atom stereocenters. The van der Waals surface area contributed by atoms with Gasteiger partial charge < -0.3 is 10.2 Å². The second-order valence-electron chi connectivity index (χ2n) is 5.16. The van der Waals surface area contributed by atoms with Gasteiger partial charge in [0.1, 0.15) is 0 Å². The molecule has 5 heteroatoms. The van der Waals surface area contributed by atoms with Gasteiger partial charge in [0.15, 0.2) is 0 Å². The average molecular weight is 360 g/mol. The van der Waals surface area contributed by atoms with Crippen LogP contribution in [0.5, 0.6) is 0 Å². The molecule has 0 spiro atoms. The number of rotatable bonds is 3. The quantitative estimate of drug-likeness (QED) is 0.892. The van der Waals surface area contributed by atoms with Gasteiger partial charge in [0, 0.05) is 29.6 Å². The first-order chi connectivity index (χ1) is 9.56. The summed E-state index contributed by atoms with van der Waals surface area (Å²) in [7, 11) is 0. The van der Waals surface area contributed by atoms with Crippen LogP contribution in [0, 0.1) is 0 Å². The minimum atomic E-state index is 0.0306. The maximum Gasteiger partial charge on any atom is 0.255 e. The van der Waals surface area contributed by atoms with Gasteiger partial charge in [-0.2, -0.15) is 0 Å². The van der Waals surface area contributed by atoms with Crippen molar-refractivity contribution in [1.29, 1.82) is 0 Å². The van der Waals surface area contributed by atoms with E-state index in [1.165, 1.54) is 0 Å². The summed E-state index contributed by atoms with van der Waals surface area (Å²) in [5.41, 5.74) is 0.580. The van der Waals surface area contributed by atoms with Gasteiger partial charge in [-0.15, -0.1) is 0 Å². The van der Waals surface area contributed by atoms with E-state index in [4.69, 9.17) is 11.6 Å². The van der Waals surface area contributed by atoms with Crippen LogP contribution in [0.2, 0.25) is 5.02 Å². The standard InChI is InChI=1S/C15H20BrClN2O/c1-3-11-9-19(12(4-2)8-18-11)15(20)13-7-10(16)5-6-14(13)17/h5-7,11-12,18H,3-4,8-9H2,1-2H3. The number of benzene rings is 1. The zero-order chi connectivity index (χ0) is 14.7. The van der Waals surface area contributed by atoms with Crippen molar-refractivity contribution in [2.75, 3.05) is 13.1 Å². The van der Waals surface area contributed by atoms with E-state index in [2.05, 4.69) is 35.1 Å². The molecule has 1 fully saturated rings. The molecule has 0 radical (unpaired) electrons. The van der Waals surface area contributed by atoms with Crippen LogP contribution in [-0.2, 0) is 0 Å². The summed E-state index contributed by atoms with van der Waals surface area (Å²) in [6.07, 6.45) is 1.97. The Morgan fingerprint density at radius 1 is 1.45 bits per heavy atom. The lowest BCUT2D eigenvalue weighted by atomic mass is 10.0. The smallest absolute Gasteiger partial charge is 0.255 e. The van der Waals surface area contributed by atoms with Crippen LogP contribution in [0.3, 0.4) is 0 Å². The number of carbonyl (C=O) groups is 1. The van der Waals surface area contributed by atoms with Crippen LogP contribution in [-0.4, -0.2) is 36.0 Å². The first kappa shape index (κ1) is 15.8. The normalized spacial score (nSPS) is 22.9. The molecule has 2 unspecified atom stereocenters. The van der Waals surface area contributed by atoms with Crippen molar-refractivity contribution in [3.05, 3.63) is 33.3 Å². The number of amides is 1. The van der Waals surface area contributed by atoms with E-state index in [9.17, 15) is 4.79 Å². The largest absolute Gasteiger partial charge is 0.333 e. The van der Waals surface area contributed by atoms with E-state index in [0.29, 0.717) is 16.6 Å². The Labute approximate surface area is 133 Å². The maximum atomic E-state index is 12.8. The molecular weight excluding hydrogens is 340 g/mol. The Bertz CT molecular complexity index is 495. The molecule has 1 saturated heterocycles. The molecule has 1 amide bonds. The van der Waals surface area contributed by atoms with Crippen molar-refractivity contribution < 1.29 is 4.79 Å². The van der Waals surface area contributed by atoms with E-state index in [1.54, 1.807) is 12.1 Å². The minimum absolute atomic E-state index is 0.0306. The number of halogens is 2. The lowest BCUT2D eigenvalue weighted by molar-refractivity contribution is 0.0576. The van der Waals surface area contributed by atoms with Gasteiger partial charge in [-0.25, -0.2) is 0 Å². The Hall–Kier alpha value is -0.580. The highest BCUT2D eigenvalue weighted by Gasteiger charge is 2.30. The van der Waals surface area contributed by atoms with E-state index in [1.807, 2.05) is 11.0 Å². The van der Waals surface area contributed by atoms with Gasteiger partial charge in [0.25, 0.3) is 5.91 Å². The Balaban J connectivity index is 2.26. The topological polar surface area (TPSA) is 32.3 Å². The maximum absolute atomic E-state index is 12.8. The fourth-order valence-corrected chi connectivity index (χ4v) is 3.13. The Kier molecular flexibility index (Phi) is 5.47. The monoisotopic (exact) mass is 358 g/mol. The molecular formula is C15H20BrClN2O. The predicted molar refractivity (Wildman–Crippen MR) is 86.3 cm³/mol. The zero-order valence-electron chi connectivity index (χ0n) is 11.8. The molecule has 0 aliphatic carbocycles. The van der Waals surface area contributed by atoms with Gasteiger partial charge in [-0.1, -0.05) is 41.4 Å². The van der Waals surface area contributed by atoms with E-state index >= 15 is 0 Å². The lowest BCUT2D eigenvalue weighted by Gasteiger charge is -2.40. The molecule has 110 valence electrons. The molecule has 1 heterocycles. The summed E-state index contributed by atoms with van der Waals surface area (Å²) in [6.45, 7) is 5.85. The molecule has 0 aromatic heterocycles. The summed E-state index contributed by atoms with van der Waals surface area (Å²) in [5, 5.41) is 4.01. The SMILES string of the molecule is CCC1CN(C(=O)c2cc(Br)ccc2Cl)C(CC)CN1. The molecule has 1 N–H and O–H groups in total. The summed E-state index contributed by atoms with van der Waals surface area (Å²) >= 11 is 9.59. The molecule has 0 bridgehead atoms. The number of piperazine rings is 1. The summed E-state index contributed by atoms with van der Waals surface area (Å²) in [6, 6.07) is 6.02. The highest BCUT2D eigenvalue weighted by atomic mass is 79.9. The van der Waals surface area contributed by atoms with Crippen molar-refractivity contribution in [1.82, 2.24) is 10.2 Å². The zero-order valence-corrected chi connectivity index (χ0v) is 14.2. The van der Waals surface area contributed by atoms with E-state index in [-0.39, 0.29) is 11.9 Å². The highest BCUT2D eigenvalue weighted by Crippen LogP contribution is 2.24. The van der Waals surface area contributed by atoms with Crippen LogP contribution in [0.1, 0.15) is 37.0 Å². The van der Waals surface area contributed by atoms with Crippen molar-refractivity contribution in [3.63, 3.8) is 0 Å². The minimum Gasteiger partial charge on any atom is -0.333 e. The van der Waals surface area contributed by atoms with Gasteiger partial charge in [0.2, 0.25) is 0 Å². The molecule has 1 aliphatic heterocycles. The molecule has 0 saturated carbocycles. The lowest BCUT2D eigenvalue weighted by Crippen LogP contribution is -2.57. The number of hydrogen-bond acceptors (Lipinski definition) is 2. The first-order valence-electron chi connectivity index (χ1n) is 7.06. The summed E-state index contributed by atoms with van der Waals surface area (Å²) in [5.74, 6) is 0.0306. The summed E-state index contributed by atoms with van der Waals surface area (Å²) in [4.78, 5) is 14.8. The third kappa shape index (κ3) is 3.35. The Morgan fingerprint density at radius 3 is 2.85 bits per heavy atom. The van der Waals surface area contributed by atoms with Gasteiger partial charge in [-0.3, -0.25) is 4.79 Å². The molecule has 1 aromatic carbocycles. The molecule has 1 aromatic rings. The second kappa shape index (κ2) is 6.92. The average Bonchev–Trinajstić information content (AvgIpc) is 2.48. The van der Waals surface area contributed by atoms with Gasteiger partial charge in [-0.05, 0) is 31.0 Å². The second-order valence-corrected chi connectivity index (χ2v) is 6.48. The third-order valence-electron chi connectivity index (χ3n) is 3.88. The van der Waals surface area contributed by atoms with Crippen molar-refractivity contribution in [2.45, 2.75) is 38.8 Å². The van der Waals surface area contributed by atoms with Crippen LogP contribution in [0.4, 0.5) is 0 Å². The van der Waals surface area contributed by atoms with E-state index in [0.717, 1.165) is 30.4 Å². The van der Waals surface area contributed by atoms with Crippen molar-refractivity contribution in [2.24, 2.45) is 0 Å². The van der Waals surface area contributed by atoms with Crippen LogP contribution in [0.15, 0.2) is 22.7 Å². The Morgan fingerprint density at radius 2 is 2.20 bits per heavy atom. The third-order valence-corrected chi connectivity index (χ3v) is 4.71. The van der Waals surface area contributed by atoms with Crippen LogP contribution in [0.25, 0.3) is 0 Å².